The molecule has 14 heteroatoms. The van der Waals surface area contributed by atoms with Crippen LogP contribution in [0.2, 0.25) is 0 Å². The summed E-state index contributed by atoms with van der Waals surface area (Å²) in [7, 11) is 1.30. The molecule has 5 rings (SSSR count). The third kappa shape index (κ3) is 5.93. The average Bonchev–Trinajstić information content (AvgIpc) is 3.53. The predicted molar refractivity (Wildman–Crippen MR) is 142 cm³/mol. The van der Waals surface area contributed by atoms with Gasteiger partial charge < -0.3 is 40.2 Å². The van der Waals surface area contributed by atoms with Crippen molar-refractivity contribution in [3.05, 3.63) is 42.0 Å². The fourth-order valence-corrected chi connectivity index (χ4v) is 4.83. The number of esters is 1. The van der Waals surface area contributed by atoms with Crippen LogP contribution in [0.15, 0.2) is 30.6 Å². The molecule has 2 fully saturated rings. The fourth-order valence-electron chi connectivity index (χ4n) is 4.83. The average molecular weight is 567 g/mol. The van der Waals surface area contributed by atoms with Gasteiger partial charge in [0.05, 0.1) is 25.6 Å². The Morgan fingerprint density at radius 2 is 1.88 bits per heavy atom. The molecule has 1 aromatic carbocycles. The van der Waals surface area contributed by atoms with E-state index in [1.807, 2.05) is 0 Å². The molecule has 2 aliphatic heterocycles. The number of ether oxygens (including phenoxy) is 3. The van der Waals surface area contributed by atoms with Crippen LogP contribution in [0.3, 0.4) is 0 Å². The van der Waals surface area contributed by atoms with Gasteiger partial charge in [-0.2, -0.15) is 0 Å². The lowest BCUT2D eigenvalue weighted by atomic mass is 9.94. The number of aromatic nitrogens is 4. The molecule has 0 bridgehead atoms. The zero-order chi connectivity index (χ0) is 29.1. The largest absolute Gasteiger partial charge is 0.465 e. The first-order valence-electron chi connectivity index (χ1n) is 13.1. The molecule has 14 nitrogen and oxygen atoms in total. The van der Waals surface area contributed by atoms with Gasteiger partial charge in [0.1, 0.15) is 29.6 Å². The smallest absolute Gasteiger partial charge is 0.415 e. The van der Waals surface area contributed by atoms with Gasteiger partial charge in [0, 0.05) is 19.5 Å². The summed E-state index contributed by atoms with van der Waals surface area (Å²) in [6.45, 7) is 0.580. The van der Waals surface area contributed by atoms with E-state index in [9.17, 15) is 24.9 Å². The van der Waals surface area contributed by atoms with Crippen molar-refractivity contribution in [2.75, 3.05) is 32.5 Å². The van der Waals surface area contributed by atoms with Gasteiger partial charge in [0.2, 0.25) is 5.82 Å². The third-order valence-electron chi connectivity index (χ3n) is 7.18. The number of rotatable bonds is 5. The molecule has 0 saturated carbocycles. The number of methoxy groups -OCH3 is 1. The highest BCUT2D eigenvalue weighted by molar-refractivity contribution is 5.89. The maximum absolute atomic E-state index is 12.6. The van der Waals surface area contributed by atoms with Gasteiger partial charge in [-0.15, -0.1) is 0 Å². The van der Waals surface area contributed by atoms with Crippen LogP contribution in [0, 0.1) is 17.8 Å². The standard InChI is InChI=1S/C27H30N6O8/c1-39-26(37)16-5-7-17(8-6-16)40-27(38)32-11-9-15(10-12-32)3-2-4-19-30-23(28)20-24(31-19)33(14-29-20)25-22(36)21(35)18(13-34)41-25/h5-8,14-15,18,21-22,25,34-36H,3,9-13H2,1H3,(H2,28,30,31)/t18-,21-,22-,25-/m1/s1. The van der Waals surface area contributed by atoms with Crippen molar-refractivity contribution < 1.29 is 39.1 Å². The molecule has 0 spiro atoms. The number of piperidine rings is 1. The Morgan fingerprint density at radius 3 is 2.54 bits per heavy atom. The van der Waals surface area contributed by atoms with E-state index in [1.54, 1.807) is 17.0 Å². The Bertz CT molecular complexity index is 1470. The number of imidazole rings is 1. The Hall–Kier alpha value is -4.29. The number of likely N-dealkylation sites (tertiary alicyclic amines) is 1. The van der Waals surface area contributed by atoms with Crippen LogP contribution in [-0.2, 0) is 9.47 Å². The third-order valence-corrected chi connectivity index (χ3v) is 7.18. The van der Waals surface area contributed by atoms with E-state index < -0.39 is 43.2 Å². The summed E-state index contributed by atoms with van der Waals surface area (Å²) in [4.78, 5) is 38.6. The molecule has 2 aromatic heterocycles. The lowest BCUT2D eigenvalue weighted by Gasteiger charge is -2.30. The maximum Gasteiger partial charge on any atom is 0.415 e. The molecule has 5 N–H and O–H groups in total. The van der Waals surface area contributed by atoms with Gasteiger partial charge in [0.15, 0.2) is 17.7 Å². The molecular formula is C27H30N6O8. The Kier molecular flexibility index (Phi) is 8.31. The zero-order valence-corrected chi connectivity index (χ0v) is 22.2. The number of hydrogen-bond acceptors (Lipinski definition) is 12. The molecule has 41 heavy (non-hydrogen) atoms. The number of carbonyl (C=O) groups is 2. The molecule has 4 heterocycles. The van der Waals surface area contributed by atoms with Crippen molar-refractivity contribution in [3.63, 3.8) is 0 Å². The van der Waals surface area contributed by atoms with E-state index in [-0.39, 0.29) is 23.2 Å². The molecule has 1 amide bonds. The van der Waals surface area contributed by atoms with Crippen LogP contribution in [0.25, 0.3) is 11.2 Å². The molecule has 0 unspecified atom stereocenters. The number of benzene rings is 1. The van der Waals surface area contributed by atoms with Gasteiger partial charge in [-0.1, -0.05) is 5.92 Å². The Morgan fingerprint density at radius 1 is 1.15 bits per heavy atom. The van der Waals surface area contributed by atoms with Crippen LogP contribution >= 0.6 is 0 Å². The Balaban J connectivity index is 1.17. The highest BCUT2D eigenvalue weighted by atomic mass is 16.6. The van der Waals surface area contributed by atoms with Crippen molar-refractivity contribution in [1.29, 1.82) is 0 Å². The summed E-state index contributed by atoms with van der Waals surface area (Å²) in [5.41, 5.74) is 7.01. The van der Waals surface area contributed by atoms with Crippen LogP contribution < -0.4 is 10.5 Å². The van der Waals surface area contributed by atoms with Gasteiger partial charge in [-0.25, -0.2) is 24.5 Å². The minimum Gasteiger partial charge on any atom is -0.465 e. The van der Waals surface area contributed by atoms with E-state index in [0.717, 1.165) is 12.8 Å². The second-order valence-corrected chi connectivity index (χ2v) is 9.81. The highest BCUT2D eigenvalue weighted by Gasteiger charge is 2.44. The van der Waals surface area contributed by atoms with Crippen molar-refractivity contribution >= 4 is 29.0 Å². The fraction of sp³-hybridized carbons (Fsp3) is 0.444. The second-order valence-electron chi connectivity index (χ2n) is 9.81. The lowest BCUT2D eigenvalue weighted by Crippen LogP contribution is -2.40. The van der Waals surface area contributed by atoms with Crippen LogP contribution in [-0.4, -0.2) is 96.9 Å². The molecule has 4 atom stereocenters. The number of amides is 1. The quantitative estimate of drug-likeness (QED) is 0.246. The number of hydrogen-bond donors (Lipinski definition) is 4. The topological polar surface area (TPSA) is 195 Å². The number of aliphatic hydroxyl groups is 3. The first-order valence-corrected chi connectivity index (χ1v) is 13.1. The normalized spacial score (nSPS) is 22.8. The molecule has 2 saturated heterocycles. The van der Waals surface area contributed by atoms with E-state index in [0.29, 0.717) is 36.3 Å². The number of nitrogens with zero attached hydrogens (tertiary/aromatic N) is 5. The molecular weight excluding hydrogens is 536 g/mol. The van der Waals surface area contributed by atoms with E-state index in [1.165, 1.54) is 30.1 Å². The van der Waals surface area contributed by atoms with E-state index >= 15 is 0 Å². The Labute approximate surface area is 234 Å². The van der Waals surface area contributed by atoms with Gasteiger partial charge in [0.25, 0.3) is 0 Å². The maximum atomic E-state index is 12.6. The van der Waals surface area contributed by atoms with Gasteiger partial charge in [-0.3, -0.25) is 4.57 Å². The van der Waals surface area contributed by atoms with Crippen LogP contribution in [0.5, 0.6) is 5.75 Å². The van der Waals surface area contributed by atoms with Gasteiger partial charge >= 0.3 is 12.1 Å². The summed E-state index contributed by atoms with van der Waals surface area (Å²) >= 11 is 0. The van der Waals surface area contributed by atoms with Gasteiger partial charge in [-0.05, 0) is 48.9 Å². The highest BCUT2D eigenvalue weighted by Crippen LogP contribution is 2.32. The summed E-state index contributed by atoms with van der Waals surface area (Å²) in [6.07, 6.45) is -1.56. The number of anilines is 1. The van der Waals surface area contributed by atoms with Crippen LogP contribution in [0.4, 0.5) is 10.6 Å². The van der Waals surface area contributed by atoms with Crippen LogP contribution in [0.1, 0.15) is 41.7 Å². The number of aliphatic hydroxyl groups excluding tert-OH is 3. The minimum absolute atomic E-state index is 0.108. The summed E-state index contributed by atoms with van der Waals surface area (Å²) in [6, 6.07) is 6.16. The van der Waals surface area contributed by atoms with Crippen molar-refractivity contribution in [3.8, 4) is 17.6 Å². The first-order chi connectivity index (χ1) is 19.8. The SMILES string of the molecule is COC(=O)c1ccc(OC(=O)N2CCC(CC#Cc3nc(N)c4ncn([C@@H]5O[C@H](CO)[C@@H](O)[C@H]5O)c4n3)CC2)cc1. The summed E-state index contributed by atoms with van der Waals surface area (Å²) < 4.78 is 17.1. The summed E-state index contributed by atoms with van der Waals surface area (Å²) in [5.74, 6) is 6.44. The van der Waals surface area contributed by atoms with Crippen molar-refractivity contribution in [2.45, 2.75) is 43.8 Å². The molecule has 0 radical (unpaired) electrons. The monoisotopic (exact) mass is 566 g/mol. The number of nitrogen functional groups attached to an aromatic ring is 1. The van der Waals surface area contributed by atoms with Crippen molar-refractivity contribution in [1.82, 2.24) is 24.4 Å². The number of carbonyl (C=O) groups excluding carboxylic acids is 2. The second kappa shape index (κ2) is 12.1. The molecule has 216 valence electrons. The lowest BCUT2D eigenvalue weighted by molar-refractivity contribution is -0.0511. The zero-order valence-electron chi connectivity index (χ0n) is 22.2. The minimum atomic E-state index is -1.30. The first kappa shape index (κ1) is 28.2. The van der Waals surface area contributed by atoms with E-state index in [2.05, 4.69) is 31.5 Å². The van der Waals surface area contributed by atoms with Crippen molar-refractivity contribution in [2.24, 2.45) is 5.92 Å². The molecule has 0 aliphatic carbocycles. The molecule has 3 aromatic rings. The predicted octanol–water partition coefficient (Wildman–Crippen LogP) is 0.459. The summed E-state index contributed by atoms with van der Waals surface area (Å²) in [5, 5.41) is 29.9. The molecule has 2 aliphatic rings. The number of nitrogens with two attached hydrogens (primary N) is 1. The number of fused-ring (bicyclic) bond motifs is 1. The van der Waals surface area contributed by atoms with E-state index in [4.69, 9.17) is 15.2 Å².